The molecule has 1 aromatic heterocycles. The summed E-state index contributed by atoms with van der Waals surface area (Å²) in [5.41, 5.74) is 0.305. The Hall–Kier alpha value is -4.34. The maximum absolute atomic E-state index is 14.7. The molecule has 0 fully saturated rings. The summed E-state index contributed by atoms with van der Waals surface area (Å²) in [6.07, 6.45) is 0. The van der Waals surface area contributed by atoms with Gasteiger partial charge in [0.15, 0.2) is 5.82 Å². The van der Waals surface area contributed by atoms with Crippen LogP contribution in [-0.4, -0.2) is 25.8 Å². The van der Waals surface area contributed by atoms with E-state index in [4.69, 9.17) is 0 Å². The quantitative estimate of drug-likeness (QED) is 0.295. The molecular weight excluding hydrogens is 398 g/mol. The van der Waals surface area contributed by atoms with Crippen LogP contribution < -0.4 is 5.32 Å². The molecule has 150 valence electrons. The number of fused-ring (bicyclic) bond motifs is 1. The number of hydrogen-bond acceptors (Lipinski definition) is 5. The highest BCUT2D eigenvalue weighted by molar-refractivity contribution is 6.04. The Labute approximate surface area is 167 Å². The van der Waals surface area contributed by atoms with E-state index in [1.807, 2.05) is 0 Å². The van der Waals surface area contributed by atoms with Crippen molar-refractivity contribution in [3.05, 3.63) is 88.0 Å². The van der Waals surface area contributed by atoms with Crippen molar-refractivity contribution in [2.24, 2.45) is 0 Å². The van der Waals surface area contributed by atoms with Crippen LogP contribution in [-0.2, 0) is 0 Å². The fourth-order valence-electron chi connectivity index (χ4n) is 2.92. The van der Waals surface area contributed by atoms with E-state index in [-0.39, 0.29) is 39.4 Å². The fraction of sp³-hybridized carbons (Fsp3) is 0. The Balaban J connectivity index is 1.65. The van der Waals surface area contributed by atoms with Gasteiger partial charge in [-0.15, -0.1) is 0 Å². The van der Waals surface area contributed by atoms with E-state index in [0.717, 1.165) is 24.3 Å². The third-order valence-corrected chi connectivity index (χ3v) is 4.40. The molecule has 1 heterocycles. The molecular formula is C20H12F2N4O4. The minimum absolute atomic E-state index is 0.0484. The molecule has 0 aliphatic carbocycles. The number of nitro groups is 1. The molecule has 4 aromatic rings. The van der Waals surface area contributed by atoms with Crippen molar-refractivity contribution in [3.63, 3.8) is 0 Å². The van der Waals surface area contributed by atoms with Gasteiger partial charge < -0.3 is 10.5 Å². The lowest BCUT2D eigenvalue weighted by molar-refractivity contribution is -0.384. The zero-order chi connectivity index (χ0) is 21.4. The molecule has 4 rings (SSSR count). The second kappa shape index (κ2) is 7.24. The first-order valence-corrected chi connectivity index (χ1v) is 8.56. The number of carbonyl (C=O) groups excluding carboxylic acids is 1. The van der Waals surface area contributed by atoms with Gasteiger partial charge in [0.1, 0.15) is 17.2 Å². The topological polar surface area (TPSA) is 110 Å². The molecule has 0 bridgehead atoms. The average molecular weight is 410 g/mol. The van der Waals surface area contributed by atoms with Crippen molar-refractivity contribution in [2.45, 2.75) is 0 Å². The Morgan fingerprint density at radius 2 is 1.80 bits per heavy atom. The number of benzene rings is 3. The van der Waals surface area contributed by atoms with E-state index in [0.29, 0.717) is 4.73 Å². The van der Waals surface area contributed by atoms with Gasteiger partial charge >= 0.3 is 0 Å². The summed E-state index contributed by atoms with van der Waals surface area (Å²) in [4.78, 5) is 26.6. The van der Waals surface area contributed by atoms with Crippen molar-refractivity contribution in [2.75, 3.05) is 5.32 Å². The summed E-state index contributed by atoms with van der Waals surface area (Å²) in [5.74, 6) is -1.98. The molecule has 3 aromatic carbocycles. The predicted molar refractivity (Wildman–Crippen MR) is 103 cm³/mol. The number of nitrogens with zero attached hydrogens (tertiary/aromatic N) is 3. The number of hydrogen-bond donors (Lipinski definition) is 2. The van der Waals surface area contributed by atoms with Crippen LogP contribution in [0.15, 0.2) is 60.7 Å². The molecule has 10 heteroatoms. The highest BCUT2D eigenvalue weighted by Crippen LogP contribution is 2.29. The molecule has 0 saturated heterocycles. The molecule has 0 aliphatic rings. The number of imidazole rings is 1. The smallest absolute Gasteiger partial charge is 0.271 e. The van der Waals surface area contributed by atoms with Crippen LogP contribution in [0, 0.1) is 21.7 Å². The van der Waals surface area contributed by atoms with Crippen LogP contribution in [0.1, 0.15) is 10.4 Å². The minimum Gasteiger partial charge on any atom is -0.426 e. The van der Waals surface area contributed by atoms with Crippen molar-refractivity contribution < 1.29 is 23.7 Å². The van der Waals surface area contributed by atoms with E-state index in [1.54, 1.807) is 0 Å². The number of non-ortho nitro benzene ring substituents is 1. The standard InChI is InChI=1S/C20H12F2N4O4/c21-12-3-1-11(2-4-12)20(27)23-13-5-7-15(16(22)9-13)19-24-17-8-6-14(26(29)30)10-18(17)25(19)28/h1-10,28H,(H,23,27). The van der Waals surface area contributed by atoms with Crippen LogP contribution in [0.3, 0.4) is 0 Å². The third kappa shape index (κ3) is 3.41. The van der Waals surface area contributed by atoms with Gasteiger partial charge in [-0.2, -0.15) is 4.73 Å². The molecule has 8 nitrogen and oxygen atoms in total. The number of aromatic nitrogens is 2. The molecule has 0 aliphatic heterocycles. The molecule has 2 N–H and O–H groups in total. The van der Waals surface area contributed by atoms with Gasteiger partial charge in [0.25, 0.3) is 11.6 Å². The number of amides is 1. The second-order valence-corrected chi connectivity index (χ2v) is 6.33. The van der Waals surface area contributed by atoms with Gasteiger partial charge in [0.05, 0.1) is 16.0 Å². The molecule has 0 saturated carbocycles. The number of rotatable bonds is 4. The number of halogens is 2. The SMILES string of the molecule is O=C(Nc1ccc(-c2nc3ccc([N+](=O)[O-])cc3n2O)c(F)c1)c1ccc(F)cc1. The highest BCUT2D eigenvalue weighted by atomic mass is 19.1. The Morgan fingerprint density at radius 1 is 1.07 bits per heavy atom. The van der Waals surface area contributed by atoms with E-state index < -0.39 is 22.5 Å². The summed E-state index contributed by atoms with van der Waals surface area (Å²) < 4.78 is 28.2. The minimum atomic E-state index is -0.785. The van der Waals surface area contributed by atoms with Gasteiger partial charge in [-0.25, -0.2) is 13.8 Å². The van der Waals surface area contributed by atoms with Crippen LogP contribution in [0.2, 0.25) is 0 Å². The summed E-state index contributed by atoms with van der Waals surface area (Å²) in [7, 11) is 0. The number of nitrogens with one attached hydrogen (secondary N) is 1. The Bertz CT molecular complexity index is 1300. The zero-order valence-electron chi connectivity index (χ0n) is 15.0. The van der Waals surface area contributed by atoms with Gasteiger partial charge in [-0.05, 0) is 48.5 Å². The summed E-state index contributed by atoms with van der Waals surface area (Å²) in [6, 6.07) is 12.3. The van der Waals surface area contributed by atoms with Crippen molar-refractivity contribution >= 4 is 28.3 Å². The van der Waals surface area contributed by atoms with Crippen LogP contribution in [0.4, 0.5) is 20.2 Å². The maximum atomic E-state index is 14.7. The number of carbonyl (C=O) groups is 1. The van der Waals surface area contributed by atoms with Gasteiger partial charge in [-0.3, -0.25) is 14.9 Å². The fourth-order valence-corrected chi connectivity index (χ4v) is 2.92. The number of nitro benzene ring substituents is 1. The third-order valence-electron chi connectivity index (χ3n) is 4.40. The molecule has 1 amide bonds. The lowest BCUT2D eigenvalue weighted by atomic mass is 10.1. The van der Waals surface area contributed by atoms with Gasteiger partial charge in [0, 0.05) is 23.4 Å². The monoisotopic (exact) mass is 410 g/mol. The molecule has 0 spiro atoms. The van der Waals surface area contributed by atoms with Gasteiger partial charge in [-0.1, -0.05) is 0 Å². The first-order chi connectivity index (χ1) is 14.3. The molecule has 0 radical (unpaired) electrons. The Morgan fingerprint density at radius 3 is 2.47 bits per heavy atom. The first kappa shape index (κ1) is 19.0. The molecule has 30 heavy (non-hydrogen) atoms. The lowest BCUT2D eigenvalue weighted by Gasteiger charge is -2.08. The Kier molecular flexibility index (Phi) is 4.59. The van der Waals surface area contributed by atoms with Crippen molar-refractivity contribution in [3.8, 4) is 11.4 Å². The molecule has 0 atom stereocenters. The second-order valence-electron chi connectivity index (χ2n) is 6.33. The highest BCUT2D eigenvalue weighted by Gasteiger charge is 2.19. The molecule has 0 unspecified atom stereocenters. The maximum Gasteiger partial charge on any atom is 0.271 e. The predicted octanol–water partition coefficient (Wildman–Crippen LogP) is 4.38. The summed E-state index contributed by atoms with van der Waals surface area (Å²) >= 11 is 0. The summed E-state index contributed by atoms with van der Waals surface area (Å²) in [5, 5.41) is 23.7. The van der Waals surface area contributed by atoms with E-state index >= 15 is 0 Å². The number of anilines is 1. The lowest BCUT2D eigenvalue weighted by Crippen LogP contribution is -2.12. The zero-order valence-corrected chi connectivity index (χ0v) is 15.0. The van der Waals surface area contributed by atoms with E-state index in [2.05, 4.69) is 10.3 Å². The van der Waals surface area contributed by atoms with Crippen molar-refractivity contribution in [1.82, 2.24) is 9.71 Å². The van der Waals surface area contributed by atoms with Crippen molar-refractivity contribution in [1.29, 1.82) is 0 Å². The van der Waals surface area contributed by atoms with E-state index in [1.165, 1.54) is 36.4 Å². The van der Waals surface area contributed by atoms with Crippen LogP contribution >= 0.6 is 0 Å². The average Bonchev–Trinajstić information content (AvgIpc) is 3.04. The normalized spacial score (nSPS) is 10.9. The largest absolute Gasteiger partial charge is 0.426 e. The van der Waals surface area contributed by atoms with E-state index in [9.17, 15) is 28.9 Å². The summed E-state index contributed by atoms with van der Waals surface area (Å²) in [6.45, 7) is 0. The van der Waals surface area contributed by atoms with Gasteiger partial charge in [0.2, 0.25) is 0 Å². The van der Waals surface area contributed by atoms with Crippen LogP contribution in [0.5, 0.6) is 0 Å². The van der Waals surface area contributed by atoms with Crippen LogP contribution in [0.25, 0.3) is 22.4 Å². The first-order valence-electron chi connectivity index (χ1n) is 8.56.